The molecule has 0 aromatic carbocycles. The molecule has 4 aliphatic carbocycles. The van der Waals surface area contributed by atoms with E-state index in [2.05, 4.69) is 26.8 Å². The van der Waals surface area contributed by atoms with Crippen molar-refractivity contribution in [2.24, 2.45) is 29.1 Å². The van der Waals surface area contributed by atoms with Gasteiger partial charge in [0.05, 0.1) is 18.6 Å². The third-order valence-corrected chi connectivity index (χ3v) is 9.42. The van der Waals surface area contributed by atoms with Gasteiger partial charge < -0.3 is 20.1 Å². The van der Waals surface area contributed by atoms with E-state index in [9.17, 15) is 24.9 Å². The van der Waals surface area contributed by atoms with Gasteiger partial charge >= 0.3 is 5.97 Å². The average molecular weight is 499 g/mol. The maximum Gasteiger partial charge on any atom is 0.310 e. The zero-order valence-corrected chi connectivity index (χ0v) is 22.3. The molecule has 7 atom stereocenters. The van der Waals surface area contributed by atoms with Gasteiger partial charge in [-0.05, 0) is 29.9 Å². The lowest BCUT2D eigenvalue weighted by molar-refractivity contribution is -0.163. The lowest BCUT2D eigenvalue weighted by Gasteiger charge is -2.48. The van der Waals surface area contributed by atoms with Gasteiger partial charge in [-0.3, -0.25) is 9.59 Å². The minimum absolute atomic E-state index is 0.0272. The molecule has 2 fully saturated rings. The SMILES string of the molecule is CCCCC=CC=CCC(=O)O[C@@]12C[C@@H](C)[C@]3(O)C4=CC(C)C(=O)[C@@]4(O)CC(CO)=C[C@H]3[C@@H]1C2(C)C. The predicted molar refractivity (Wildman–Crippen MR) is 138 cm³/mol. The van der Waals surface area contributed by atoms with E-state index in [1.807, 2.05) is 25.2 Å². The highest BCUT2D eigenvalue weighted by Gasteiger charge is 2.82. The van der Waals surface area contributed by atoms with Crippen LogP contribution >= 0.6 is 0 Å². The fraction of sp³-hybridized carbons (Fsp3) is 0.667. The van der Waals surface area contributed by atoms with Gasteiger partial charge in [-0.2, -0.15) is 0 Å². The summed E-state index contributed by atoms with van der Waals surface area (Å²) in [5.41, 5.74) is -3.57. The molecule has 0 bridgehead atoms. The number of allylic oxidation sites excluding steroid dienone is 4. The van der Waals surface area contributed by atoms with Crippen LogP contribution in [0.4, 0.5) is 0 Å². The average Bonchev–Trinajstić information content (AvgIpc) is 3.22. The number of carbonyl (C=O) groups excluding carboxylic acids is 2. The minimum Gasteiger partial charge on any atom is -0.458 e. The number of Topliss-reactive ketones (excluding diaryl/α,β-unsaturated/α-hetero) is 1. The number of hydrogen-bond donors (Lipinski definition) is 3. The summed E-state index contributed by atoms with van der Waals surface area (Å²) in [7, 11) is 0. The normalized spacial score (nSPS) is 40.8. The number of fused-ring (bicyclic) bond motifs is 5. The zero-order valence-electron chi connectivity index (χ0n) is 22.3. The van der Waals surface area contributed by atoms with Gasteiger partial charge in [-0.25, -0.2) is 0 Å². The maximum atomic E-state index is 13.0. The molecule has 0 spiro atoms. The van der Waals surface area contributed by atoms with Crippen molar-refractivity contribution in [2.75, 3.05) is 6.61 Å². The van der Waals surface area contributed by atoms with Crippen LogP contribution in [0.2, 0.25) is 0 Å². The van der Waals surface area contributed by atoms with Crippen molar-refractivity contribution in [1.29, 1.82) is 0 Å². The molecule has 198 valence electrons. The van der Waals surface area contributed by atoms with Crippen molar-refractivity contribution in [3.05, 3.63) is 47.6 Å². The van der Waals surface area contributed by atoms with E-state index in [0.717, 1.165) is 19.3 Å². The molecular weight excluding hydrogens is 456 g/mol. The summed E-state index contributed by atoms with van der Waals surface area (Å²) in [4.78, 5) is 25.9. The number of aliphatic hydroxyl groups is 3. The Morgan fingerprint density at radius 2 is 1.86 bits per heavy atom. The summed E-state index contributed by atoms with van der Waals surface area (Å²) in [5, 5.41) is 33.9. The second-order valence-corrected chi connectivity index (χ2v) is 12.0. The van der Waals surface area contributed by atoms with Crippen molar-refractivity contribution in [2.45, 2.75) is 89.9 Å². The Morgan fingerprint density at radius 3 is 2.53 bits per heavy atom. The van der Waals surface area contributed by atoms with E-state index >= 15 is 0 Å². The molecule has 0 aromatic rings. The molecule has 0 aliphatic heterocycles. The molecule has 6 heteroatoms. The molecule has 4 rings (SSSR count). The molecule has 36 heavy (non-hydrogen) atoms. The monoisotopic (exact) mass is 498 g/mol. The van der Waals surface area contributed by atoms with Crippen molar-refractivity contribution in [3.63, 3.8) is 0 Å². The van der Waals surface area contributed by atoms with E-state index in [1.165, 1.54) is 0 Å². The van der Waals surface area contributed by atoms with Crippen LogP contribution in [-0.4, -0.2) is 50.5 Å². The van der Waals surface area contributed by atoms with Gasteiger partial charge in [0.1, 0.15) is 5.60 Å². The standard InChI is InChI=1S/C30H42O6/c1-6-7-8-9-10-11-12-13-24(32)36-29-16-20(3)30(35)22(25(29)27(29,4)5)15-21(18-31)17-28(34)23(30)14-19(2)26(28)33/h9-12,14-15,19-20,22,25,31,34-35H,6-8,13,16-18H2,1-5H3/t19?,20-,22+,25-,28-,29+,30-/m1/s1. The number of esters is 1. The van der Waals surface area contributed by atoms with Crippen molar-refractivity contribution in [1.82, 2.24) is 0 Å². The third-order valence-electron chi connectivity index (χ3n) is 9.42. The largest absolute Gasteiger partial charge is 0.458 e. The number of unbranched alkanes of at least 4 members (excludes halogenated alkanes) is 2. The van der Waals surface area contributed by atoms with Crippen LogP contribution in [0.25, 0.3) is 0 Å². The van der Waals surface area contributed by atoms with Crippen LogP contribution in [0.15, 0.2) is 47.6 Å². The van der Waals surface area contributed by atoms with E-state index in [4.69, 9.17) is 4.74 Å². The van der Waals surface area contributed by atoms with Crippen molar-refractivity contribution in [3.8, 4) is 0 Å². The number of carbonyl (C=O) groups is 2. The quantitative estimate of drug-likeness (QED) is 0.201. The molecule has 0 heterocycles. The smallest absolute Gasteiger partial charge is 0.310 e. The molecule has 3 N–H and O–H groups in total. The summed E-state index contributed by atoms with van der Waals surface area (Å²) < 4.78 is 6.20. The Bertz CT molecular complexity index is 1030. The summed E-state index contributed by atoms with van der Waals surface area (Å²) >= 11 is 0. The number of rotatable bonds is 8. The zero-order chi connectivity index (χ0) is 26.5. The molecule has 2 saturated carbocycles. The lowest BCUT2D eigenvalue weighted by Crippen LogP contribution is -2.57. The summed E-state index contributed by atoms with van der Waals surface area (Å²) in [6, 6.07) is 0. The van der Waals surface area contributed by atoms with Crippen LogP contribution in [-0.2, 0) is 14.3 Å². The van der Waals surface area contributed by atoms with Crippen LogP contribution in [0.5, 0.6) is 0 Å². The highest BCUT2D eigenvalue weighted by atomic mass is 16.6. The Hall–Kier alpha value is -2.02. The highest BCUT2D eigenvalue weighted by Crippen LogP contribution is 2.76. The molecular formula is C30H42O6. The van der Waals surface area contributed by atoms with Gasteiger partial charge in [-0.1, -0.05) is 83.9 Å². The fourth-order valence-electron chi connectivity index (χ4n) is 7.44. The van der Waals surface area contributed by atoms with Gasteiger partial charge in [0, 0.05) is 29.6 Å². The second kappa shape index (κ2) is 9.38. The highest BCUT2D eigenvalue weighted by molar-refractivity contribution is 5.98. The van der Waals surface area contributed by atoms with Crippen LogP contribution in [0.3, 0.4) is 0 Å². The Balaban J connectivity index is 1.61. The van der Waals surface area contributed by atoms with E-state index < -0.39 is 34.1 Å². The number of ether oxygens (including phenoxy) is 1. The number of hydrogen-bond acceptors (Lipinski definition) is 6. The first-order valence-corrected chi connectivity index (χ1v) is 13.5. The first-order chi connectivity index (χ1) is 16.9. The van der Waals surface area contributed by atoms with Gasteiger partial charge in [0.25, 0.3) is 0 Å². The minimum atomic E-state index is -1.82. The maximum absolute atomic E-state index is 13.0. The number of ketones is 1. The molecule has 0 saturated heterocycles. The first-order valence-electron chi connectivity index (χ1n) is 13.5. The molecule has 0 aromatic heterocycles. The second-order valence-electron chi connectivity index (χ2n) is 12.0. The molecule has 4 aliphatic rings. The first kappa shape index (κ1) is 27.0. The fourth-order valence-corrected chi connectivity index (χ4v) is 7.44. The third kappa shape index (κ3) is 3.88. The van der Waals surface area contributed by atoms with E-state index in [-0.39, 0.29) is 43.0 Å². The van der Waals surface area contributed by atoms with Crippen molar-refractivity contribution < 1.29 is 29.6 Å². The Kier molecular flexibility index (Phi) is 7.04. The Morgan fingerprint density at radius 1 is 1.17 bits per heavy atom. The molecule has 6 nitrogen and oxygen atoms in total. The molecule has 0 amide bonds. The lowest BCUT2D eigenvalue weighted by atomic mass is 9.62. The van der Waals surface area contributed by atoms with Gasteiger partial charge in [0.2, 0.25) is 0 Å². The predicted octanol–water partition coefficient (Wildman–Crippen LogP) is 4.20. The summed E-state index contributed by atoms with van der Waals surface area (Å²) in [5.74, 6) is -2.24. The van der Waals surface area contributed by atoms with E-state index in [0.29, 0.717) is 17.6 Å². The van der Waals surface area contributed by atoms with Crippen LogP contribution < -0.4 is 0 Å². The number of aliphatic hydroxyl groups excluding tert-OH is 1. The topological polar surface area (TPSA) is 104 Å². The van der Waals surface area contributed by atoms with Gasteiger partial charge in [-0.15, -0.1) is 0 Å². The summed E-state index contributed by atoms with van der Waals surface area (Å²) in [6.07, 6.45) is 15.2. The summed E-state index contributed by atoms with van der Waals surface area (Å²) in [6.45, 7) is 9.58. The van der Waals surface area contributed by atoms with E-state index in [1.54, 1.807) is 19.1 Å². The van der Waals surface area contributed by atoms with Gasteiger partial charge in [0.15, 0.2) is 11.4 Å². The molecule has 0 radical (unpaired) electrons. The van der Waals surface area contributed by atoms with Crippen LogP contribution in [0.1, 0.15) is 73.1 Å². The Labute approximate surface area is 214 Å². The van der Waals surface area contributed by atoms with Crippen molar-refractivity contribution >= 4 is 11.8 Å². The van der Waals surface area contributed by atoms with Crippen LogP contribution in [0, 0.1) is 29.1 Å². The molecule has 1 unspecified atom stereocenters.